The topological polar surface area (TPSA) is 47.0 Å². The number of benzene rings is 2. The summed E-state index contributed by atoms with van der Waals surface area (Å²) in [6, 6.07) is 13.4. The van der Waals surface area contributed by atoms with Crippen molar-refractivity contribution in [3.63, 3.8) is 0 Å². The molecule has 0 aliphatic carbocycles. The molecule has 2 aromatic carbocycles. The van der Waals surface area contributed by atoms with Gasteiger partial charge in [-0.2, -0.15) is 0 Å². The zero-order chi connectivity index (χ0) is 17.1. The van der Waals surface area contributed by atoms with E-state index in [4.69, 9.17) is 16.3 Å². The van der Waals surface area contributed by atoms with Crippen LogP contribution < -0.4 is 10.4 Å². The summed E-state index contributed by atoms with van der Waals surface area (Å²) < 4.78 is 7.05. The fourth-order valence-electron chi connectivity index (χ4n) is 2.60. The number of halogens is 1. The Balaban J connectivity index is 1.99. The first-order chi connectivity index (χ1) is 11.6. The van der Waals surface area contributed by atoms with Gasteiger partial charge in [0.25, 0.3) is 0 Å². The van der Waals surface area contributed by atoms with E-state index in [1.807, 2.05) is 43.3 Å². The number of aryl methyl sites for hydroxylation is 1. The SMILES string of the molecule is CCOc1ccc(-c2cn(-c3cccc(CC)c3)c(=O)[nH]2)cc1Cl. The highest BCUT2D eigenvalue weighted by Gasteiger charge is 2.10. The Hall–Kier alpha value is -2.46. The molecule has 0 saturated heterocycles. The van der Waals surface area contributed by atoms with Crippen LogP contribution in [0.1, 0.15) is 19.4 Å². The molecule has 0 atom stereocenters. The molecule has 0 saturated carbocycles. The first-order valence-electron chi connectivity index (χ1n) is 7.96. The number of nitrogens with one attached hydrogen (secondary N) is 1. The number of H-pyrrole nitrogens is 1. The Labute approximate surface area is 145 Å². The van der Waals surface area contributed by atoms with Crippen molar-refractivity contribution in [2.75, 3.05) is 6.61 Å². The molecule has 1 N–H and O–H groups in total. The first-order valence-corrected chi connectivity index (χ1v) is 8.34. The number of imidazole rings is 1. The Bertz CT molecular complexity index is 912. The third kappa shape index (κ3) is 3.24. The third-order valence-electron chi connectivity index (χ3n) is 3.86. The predicted molar refractivity (Wildman–Crippen MR) is 97.4 cm³/mol. The van der Waals surface area contributed by atoms with Gasteiger partial charge in [-0.1, -0.05) is 30.7 Å². The fourth-order valence-corrected chi connectivity index (χ4v) is 2.84. The number of aromatic nitrogens is 2. The Kier molecular flexibility index (Phi) is 4.76. The lowest BCUT2D eigenvalue weighted by atomic mass is 10.1. The molecule has 4 nitrogen and oxygen atoms in total. The number of hydrogen-bond acceptors (Lipinski definition) is 2. The zero-order valence-corrected chi connectivity index (χ0v) is 14.4. The highest BCUT2D eigenvalue weighted by Crippen LogP contribution is 2.29. The van der Waals surface area contributed by atoms with Gasteiger partial charge in [-0.05, 0) is 49.2 Å². The summed E-state index contributed by atoms with van der Waals surface area (Å²) in [5.41, 5.74) is 3.41. The predicted octanol–water partition coefficient (Wildman–Crippen LogP) is 4.45. The molecule has 124 valence electrons. The summed E-state index contributed by atoms with van der Waals surface area (Å²) >= 11 is 6.24. The Morgan fingerprint density at radius 1 is 1.17 bits per heavy atom. The molecule has 24 heavy (non-hydrogen) atoms. The van der Waals surface area contributed by atoms with E-state index in [9.17, 15) is 4.79 Å². The summed E-state index contributed by atoms with van der Waals surface area (Å²) in [5, 5.41) is 0.524. The standard InChI is InChI=1S/C19H19ClN2O2/c1-3-13-6-5-7-15(10-13)22-12-17(21-19(22)23)14-8-9-18(24-4-2)16(20)11-14/h5-12H,3-4H2,1-2H3,(H,21,23). The molecular formula is C19H19ClN2O2. The van der Waals surface area contributed by atoms with Crippen molar-refractivity contribution >= 4 is 11.6 Å². The smallest absolute Gasteiger partial charge is 0.330 e. The van der Waals surface area contributed by atoms with E-state index in [0.29, 0.717) is 23.1 Å². The molecule has 1 aromatic heterocycles. The molecule has 0 fully saturated rings. The van der Waals surface area contributed by atoms with Gasteiger partial charge in [-0.15, -0.1) is 0 Å². The highest BCUT2D eigenvalue weighted by atomic mass is 35.5. The number of rotatable bonds is 5. The van der Waals surface area contributed by atoms with Crippen molar-refractivity contribution in [2.24, 2.45) is 0 Å². The lowest BCUT2D eigenvalue weighted by Crippen LogP contribution is -2.14. The molecule has 0 radical (unpaired) electrons. The van der Waals surface area contributed by atoms with Gasteiger partial charge in [-0.25, -0.2) is 4.79 Å². The van der Waals surface area contributed by atoms with Crippen LogP contribution in [0.15, 0.2) is 53.5 Å². The number of hydrogen-bond donors (Lipinski definition) is 1. The molecule has 1 heterocycles. The fraction of sp³-hybridized carbons (Fsp3) is 0.211. The Morgan fingerprint density at radius 2 is 2.00 bits per heavy atom. The monoisotopic (exact) mass is 342 g/mol. The summed E-state index contributed by atoms with van der Waals surface area (Å²) in [6.45, 7) is 4.55. The maximum absolute atomic E-state index is 12.3. The minimum absolute atomic E-state index is 0.178. The summed E-state index contributed by atoms with van der Waals surface area (Å²) in [4.78, 5) is 15.2. The van der Waals surface area contributed by atoms with Crippen LogP contribution in [0.2, 0.25) is 5.02 Å². The molecule has 0 spiro atoms. The van der Waals surface area contributed by atoms with Gasteiger partial charge in [0.05, 0.1) is 23.0 Å². The van der Waals surface area contributed by atoms with Gasteiger partial charge in [0.15, 0.2) is 0 Å². The average molecular weight is 343 g/mol. The maximum atomic E-state index is 12.3. The van der Waals surface area contributed by atoms with Crippen molar-refractivity contribution in [2.45, 2.75) is 20.3 Å². The van der Waals surface area contributed by atoms with Crippen LogP contribution in [-0.4, -0.2) is 16.2 Å². The van der Waals surface area contributed by atoms with Crippen LogP contribution in [0, 0.1) is 0 Å². The molecule has 0 aliphatic rings. The summed E-state index contributed by atoms with van der Waals surface area (Å²) in [7, 11) is 0. The molecule has 3 aromatic rings. The summed E-state index contributed by atoms with van der Waals surface area (Å²) in [6.07, 6.45) is 2.72. The second kappa shape index (κ2) is 6.97. The van der Waals surface area contributed by atoms with Crippen molar-refractivity contribution in [3.05, 3.63) is 69.7 Å². The van der Waals surface area contributed by atoms with Gasteiger partial charge >= 0.3 is 5.69 Å². The lowest BCUT2D eigenvalue weighted by Gasteiger charge is -2.06. The zero-order valence-electron chi connectivity index (χ0n) is 13.7. The van der Waals surface area contributed by atoms with E-state index in [-0.39, 0.29) is 5.69 Å². The molecule has 0 amide bonds. The molecule has 3 rings (SSSR count). The van der Waals surface area contributed by atoms with Crippen molar-refractivity contribution in [1.29, 1.82) is 0 Å². The van der Waals surface area contributed by atoms with Crippen LogP contribution in [0.25, 0.3) is 16.9 Å². The molecule has 5 heteroatoms. The molecular weight excluding hydrogens is 324 g/mol. The van der Waals surface area contributed by atoms with Crippen molar-refractivity contribution in [3.8, 4) is 22.7 Å². The number of ether oxygens (including phenoxy) is 1. The van der Waals surface area contributed by atoms with E-state index in [1.54, 1.807) is 16.8 Å². The van der Waals surface area contributed by atoms with Crippen molar-refractivity contribution in [1.82, 2.24) is 9.55 Å². The quantitative estimate of drug-likeness (QED) is 0.744. The number of nitrogens with zero attached hydrogens (tertiary/aromatic N) is 1. The largest absolute Gasteiger partial charge is 0.492 e. The molecule has 0 bridgehead atoms. The van der Waals surface area contributed by atoms with Crippen LogP contribution in [0.5, 0.6) is 5.75 Å². The van der Waals surface area contributed by atoms with Crippen LogP contribution in [0.3, 0.4) is 0 Å². The third-order valence-corrected chi connectivity index (χ3v) is 4.15. The van der Waals surface area contributed by atoms with Gasteiger partial charge in [0.2, 0.25) is 0 Å². The van der Waals surface area contributed by atoms with Gasteiger partial charge in [0, 0.05) is 11.8 Å². The van der Waals surface area contributed by atoms with Crippen molar-refractivity contribution < 1.29 is 4.74 Å². The number of aromatic amines is 1. The van der Waals surface area contributed by atoms with Gasteiger partial charge in [0.1, 0.15) is 5.75 Å². The molecule has 0 unspecified atom stereocenters. The summed E-state index contributed by atoms with van der Waals surface area (Å²) in [5.74, 6) is 0.639. The van der Waals surface area contributed by atoms with E-state index in [1.165, 1.54) is 5.56 Å². The first kappa shape index (κ1) is 16.4. The molecule has 0 aliphatic heterocycles. The average Bonchev–Trinajstić information content (AvgIpc) is 2.99. The van der Waals surface area contributed by atoms with Gasteiger partial charge in [-0.3, -0.25) is 4.57 Å². The second-order valence-corrected chi connectivity index (χ2v) is 5.85. The minimum atomic E-state index is -0.178. The second-order valence-electron chi connectivity index (χ2n) is 5.44. The highest BCUT2D eigenvalue weighted by molar-refractivity contribution is 6.32. The maximum Gasteiger partial charge on any atom is 0.330 e. The van der Waals surface area contributed by atoms with Crippen LogP contribution in [0.4, 0.5) is 0 Å². The van der Waals surface area contributed by atoms with E-state index >= 15 is 0 Å². The van der Waals surface area contributed by atoms with E-state index in [2.05, 4.69) is 11.9 Å². The minimum Gasteiger partial charge on any atom is -0.492 e. The van der Waals surface area contributed by atoms with Crippen LogP contribution in [-0.2, 0) is 6.42 Å². The lowest BCUT2D eigenvalue weighted by molar-refractivity contribution is 0.340. The van der Waals surface area contributed by atoms with Crippen LogP contribution >= 0.6 is 11.6 Å². The Morgan fingerprint density at radius 3 is 2.71 bits per heavy atom. The van der Waals surface area contributed by atoms with Gasteiger partial charge < -0.3 is 9.72 Å². The van der Waals surface area contributed by atoms with E-state index in [0.717, 1.165) is 17.7 Å². The van der Waals surface area contributed by atoms with E-state index < -0.39 is 0 Å². The normalized spacial score (nSPS) is 10.8.